The van der Waals surface area contributed by atoms with Crippen molar-refractivity contribution in [3.63, 3.8) is 0 Å². The summed E-state index contributed by atoms with van der Waals surface area (Å²) in [5.74, 6) is 0.0775. The average Bonchev–Trinajstić information content (AvgIpc) is 2.18. The molecular weight excluding hydrogens is 192 g/mol. The van der Waals surface area contributed by atoms with Gasteiger partial charge in [-0.3, -0.25) is 4.79 Å². The average molecular weight is 212 g/mol. The van der Waals surface area contributed by atoms with Crippen LogP contribution in [0.25, 0.3) is 0 Å². The van der Waals surface area contributed by atoms with E-state index in [1.807, 2.05) is 19.9 Å². The number of carbonyl (C=O) groups is 1. The lowest BCUT2D eigenvalue weighted by Gasteiger charge is -2.25. The molecule has 0 aromatic rings. The summed E-state index contributed by atoms with van der Waals surface area (Å²) in [7, 11) is 0. The fourth-order valence-corrected chi connectivity index (χ4v) is 1.37. The fraction of sp³-hybridized carbons (Fsp3) is 0.818. The molecule has 0 saturated carbocycles. The Labute approximate surface area is 91.5 Å². The minimum absolute atomic E-state index is 0.0775. The SMILES string of the molecule is CC(C)N(CCC#N)C(=O)CCCCO. The van der Waals surface area contributed by atoms with Gasteiger partial charge in [0.2, 0.25) is 5.91 Å². The Morgan fingerprint density at radius 2 is 2.13 bits per heavy atom. The van der Waals surface area contributed by atoms with Gasteiger partial charge in [-0.05, 0) is 26.7 Å². The van der Waals surface area contributed by atoms with Gasteiger partial charge >= 0.3 is 0 Å². The maximum absolute atomic E-state index is 11.7. The number of nitrogens with zero attached hydrogens (tertiary/aromatic N) is 2. The number of amides is 1. The molecule has 0 aromatic carbocycles. The monoisotopic (exact) mass is 212 g/mol. The van der Waals surface area contributed by atoms with Gasteiger partial charge in [0.1, 0.15) is 0 Å². The van der Waals surface area contributed by atoms with Crippen molar-refractivity contribution in [2.75, 3.05) is 13.2 Å². The molecule has 1 N–H and O–H groups in total. The highest BCUT2D eigenvalue weighted by Gasteiger charge is 2.15. The van der Waals surface area contributed by atoms with Gasteiger partial charge in [0.25, 0.3) is 0 Å². The molecule has 0 saturated heterocycles. The van der Waals surface area contributed by atoms with E-state index >= 15 is 0 Å². The van der Waals surface area contributed by atoms with Crippen LogP contribution in [0.5, 0.6) is 0 Å². The molecule has 86 valence electrons. The number of nitriles is 1. The van der Waals surface area contributed by atoms with Crippen LogP contribution in [0.3, 0.4) is 0 Å². The van der Waals surface area contributed by atoms with Crippen LogP contribution < -0.4 is 0 Å². The van der Waals surface area contributed by atoms with Crippen LogP contribution in [0.15, 0.2) is 0 Å². The summed E-state index contributed by atoms with van der Waals surface area (Å²) in [4.78, 5) is 13.4. The molecule has 0 atom stereocenters. The van der Waals surface area contributed by atoms with E-state index in [9.17, 15) is 4.79 Å². The molecule has 0 heterocycles. The van der Waals surface area contributed by atoms with E-state index in [2.05, 4.69) is 0 Å². The Bertz CT molecular complexity index is 221. The number of aliphatic hydroxyl groups is 1. The molecular formula is C11H20N2O2. The number of carbonyl (C=O) groups excluding carboxylic acids is 1. The van der Waals surface area contributed by atoms with Gasteiger partial charge in [-0.25, -0.2) is 0 Å². The maximum atomic E-state index is 11.7. The zero-order valence-electron chi connectivity index (χ0n) is 9.57. The highest BCUT2D eigenvalue weighted by molar-refractivity contribution is 5.76. The lowest BCUT2D eigenvalue weighted by Crippen LogP contribution is -2.37. The van der Waals surface area contributed by atoms with Crippen molar-refractivity contribution in [3.05, 3.63) is 0 Å². The third-order valence-corrected chi connectivity index (χ3v) is 2.21. The zero-order valence-corrected chi connectivity index (χ0v) is 9.57. The Balaban J connectivity index is 4.00. The standard InChI is InChI=1S/C11H20N2O2/c1-10(2)13(8-5-7-12)11(15)6-3-4-9-14/h10,14H,3-6,8-9H2,1-2H3. The minimum Gasteiger partial charge on any atom is -0.396 e. The number of hydrogen-bond acceptors (Lipinski definition) is 3. The quantitative estimate of drug-likeness (QED) is 0.647. The van der Waals surface area contributed by atoms with E-state index in [-0.39, 0.29) is 18.6 Å². The Morgan fingerprint density at radius 1 is 1.47 bits per heavy atom. The second kappa shape index (κ2) is 8.25. The maximum Gasteiger partial charge on any atom is 0.222 e. The van der Waals surface area contributed by atoms with Crippen molar-refractivity contribution in [1.29, 1.82) is 5.26 Å². The van der Waals surface area contributed by atoms with Crippen LogP contribution in [0.2, 0.25) is 0 Å². The van der Waals surface area contributed by atoms with Gasteiger partial charge < -0.3 is 10.0 Å². The predicted molar refractivity (Wildman–Crippen MR) is 58.0 cm³/mol. The van der Waals surface area contributed by atoms with E-state index in [4.69, 9.17) is 10.4 Å². The van der Waals surface area contributed by atoms with Crippen LogP contribution >= 0.6 is 0 Å². The molecule has 0 aliphatic rings. The lowest BCUT2D eigenvalue weighted by atomic mass is 10.2. The van der Waals surface area contributed by atoms with E-state index < -0.39 is 0 Å². The lowest BCUT2D eigenvalue weighted by molar-refractivity contribution is -0.132. The molecule has 1 amide bonds. The van der Waals surface area contributed by atoms with Gasteiger partial charge in [-0.2, -0.15) is 5.26 Å². The third kappa shape index (κ3) is 6.08. The first-order chi connectivity index (χ1) is 7.13. The Kier molecular flexibility index (Phi) is 7.65. The summed E-state index contributed by atoms with van der Waals surface area (Å²) >= 11 is 0. The molecule has 0 aliphatic heterocycles. The van der Waals surface area contributed by atoms with E-state index in [1.54, 1.807) is 4.90 Å². The second-order valence-electron chi connectivity index (χ2n) is 3.77. The molecule has 0 fully saturated rings. The number of rotatable bonds is 7. The number of unbranched alkanes of at least 4 members (excludes halogenated alkanes) is 1. The zero-order chi connectivity index (χ0) is 11.7. The largest absolute Gasteiger partial charge is 0.396 e. The first-order valence-corrected chi connectivity index (χ1v) is 5.40. The summed E-state index contributed by atoms with van der Waals surface area (Å²) in [6, 6.07) is 2.18. The Morgan fingerprint density at radius 3 is 2.60 bits per heavy atom. The third-order valence-electron chi connectivity index (χ3n) is 2.21. The van der Waals surface area contributed by atoms with Gasteiger partial charge in [0.15, 0.2) is 0 Å². The smallest absolute Gasteiger partial charge is 0.222 e. The topological polar surface area (TPSA) is 64.3 Å². The van der Waals surface area contributed by atoms with Gasteiger partial charge in [-0.1, -0.05) is 0 Å². The summed E-state index contributed by atoms with van der Waals surface area (Å²) in [5, 5.41) is 17.1. The highest BCUT2D eigenvalue weighted by atomic mass is 16.3. The molecule has 0 aliphatic carbocycles. The fourth-order valence-electron chi connectivity index (χ4n) is 1.37. The molecule has 4 nitrogen and oxygen atoms in total. The summed E-state index contributed by atoms with van der Waals surface area (Å²) in [6.45, 7) is 4.53. The number of aliphatic hydroxyl groups excluding tert-OH is 1. The van der Waals surface area contributed by atoms with Crippen molar-refractivity contribution in [3.8, 4) is 6.07 Å². The van der Waals surface area contributed by atoms with Gasteiger partial charge in [0.05, 0.1) is 12.5 Å². The summed E-state index contributed by atoms with van der Waals surface area (Å²) in [5.41, 5.74) is 0. The van der Waals surface area contributed by atoms with E-state index in [1.165, 1.54) is 0 Å². The van der Waals surface area contributed by atoms with Crippen LogP contribution in [0, 0.1) is 11.3 Å². The van der Waals surface area contributed by atoms with Crippen LogP contribution in [0.1, 0.15) is 39.5 Å². The normalized spacial score (nSPS) is 10.1. The molecule has 15 heavy (non-hydrogen) atoms. The molecule has 0 rings (SSSR count). The van der Waals surface area contributed by atoms with Crippen molar-refractivity contribution in [2.45, 2.75) is 45.6 Å². The highest BCUT2D eigenvalue weighted by Crippen LogP contribution is 2.06. The molecule has 0 radical (unpaired) electrons. The van der Waals surface area contributed by atoms with E-state index in [0.29, 0.717) is 32.2 Å². The molecule has 0 bridgehead atoms. The molecule has 0 unspecified atom stereocenters. The van der Waals surface area contributed by atoms with E-state index in [0.717, 1.165) is 0 Å². The van der Waals surface area contributed by atoms with Crippen LogP contribution in [0.4, 0.5) is 0 Å². The number of hydrogen-bond donors (Lipinski definition) is 1. The minimum atomic E-state index is 0.0775. The van der Waals surface area contributed by atoms with Crippen molar-refractivity contribution in [2.24, 2.45) is 0 Å². The first kappa shape index (κ1) is 13.9. The van der Waals surface area contributed by atoms with Gasteiger partial charge in [0, 0.05) is 25.6 Å². The predicted octanol–water partition coefficient (Wildman–Crippen LogP) is 1.30. The molecule has 4 heteroatoms. The summed E-state index contributed by atoms with van der Waals surface area (Å²) < 4.78 is 0. The van der Waals surface area contributed by atoms with Crippen molar-refractivity contribution < 1.29 is 9.90 Å². The van der Waals surface area contributed by atoms with Crippen LogP contribution in [-0.2, 0) is 4.79 Å². The summed E-state index contributed by atoms with van der Waals surface area (Å²) in [6.07, 6.45) is 2.22. The second-order valence-corrected chi connectivity index (χ2v) is 3.77. The first-order valence-electron chi connectivity index (χ1n) is 5.40. The van der Waals surface area contributed by atoms with Gasteiger partial charge in [-0.15, -0.1) is 0 Å². The molecule has 0 aromatic heterocycles. The van der Waals surface area contributed by atoms with Crippen molar-refractivity contribution >= 4 is 5.91 Å². The van der Waals surface area contributed by atoms with Crippen LogP contribution in [-0.4, -0.2) is 35.1 Å². The Hall–Kier alpha value is -1.08. The molecule has 0 spiro atoms. The van der Waals surface area contributed by atoms with Crippen molar-refractivity contribution in [1.82, 2.24) is 4.90 Å².